The molecule has 1 aliphatic heterocycles. The Morgan fingerprint density at radius 2 is 0.833 bits per heavy atom. The fraction of sp³-hybridized carbons (Fsp3) is 0.400. The highest BCUT2D eigenvalue weighted by Gasteiger charge is 2.21. The number of hydrogen-bond acceptors (Lipinski definition) is 2. The van der Waals surface area contributed by atoms with Crippen LogP contribution in [0.15, 0.2) is 72.8 Å². The van der Waals surface area contributed by atoms with E-state index < -0.39 is 0 Å². The molecule has 2 nitrogen and oxygen atoms in total. The molecule has 0 saturated heterocycles. The molecule has 42 heavy (non-hydrogen) atoms. The van der Waals surface area contributed by atoms with Crippen molar-refractivity contribution in [3.05, 3.63) is 106 Å². The number of fused-ring (bicyclic) bond motifs is 8. The summed E-state index contributed by atoms with van der Waals surface area (Å²) in [5, 5.41) is 0. The van der Waals surface area contributed by atoms with Gasteiger partial charge in [0.2, 0.25) is 0 Å². The van der Waals surface area contributed by atoms with E-state index in [0.29, 0.717) is 23.7 Å². The van der Waals surface area contributed by atoms with Gasteiger partial charge in [0.25, 0.3) is 0 Å². The van der Waals surface area contributed by atoms with Crippen molar-refractivity contribution in [2.24, 2.45) is 0 Å². The van der Waals surface area contributed by atoms with Gasteiger partial charge in [0.05, 0.1) is 0 Å². The third-order valence-corrected chi connectivity index (χ3v) is 9.17. The van der Waals surface area contributed by atoms with E-state index in [1.54, 1.807) is 0 Å². The predicted molar refractivity (Wildman–Crippen MR) is 184 cm³/mol. The molecular weight excluding hydrogens is 508 g/mol. The zero-order valence-electron chi connectivity index (χ0n) is 27.5. The molecule has 220 valence electrons. The highest BCUT2D eigenvalue weighted by Crippen LogP contribution is 2.40. The van der Waals surface area contributed by atoms with Crippen molar-refractivity contribution >= 4 is 11.4 Å². The highest BCUT2D eigenvalue weighted by atomic mass is 15.1. The molecule has 0 radical (unpaired) electrons. The van der Waals surface area contributed by atoms with Crippen LogP contribution in [-0.2, 0) is 13.1 Å². The van der Waals surface area contributed by atoms with Gasteiger partial charge in [0, 0.05) is 49.7 Å². The van der Waals surface area contributed by atoms with E-state index in [9.17, 15) is 0 Å². The summed E-state index contributed by atoms with van der Waals surface area (Å²) in [4.78, 5) is 4.95. The van der Waals surface area contributed by atoms with Crippen LogP contribution in [0.5, 0.6) is 0 Å². The lowest BCUT2D eigenvalue weighted by molar-refractivity contribution is 0.817. The number of benzene rings is 4. The van der Waals surface area contributed by atoms with Crippen LogP contribution in [0.1, 0.15) is 112 Å². The van der Waals surface area contributed by atoms with E-state index >= 15 is 0 Å². The minimum absolute atomic E-state index is 0.458. The maximum atomic E-state index is 2.48. The zero-order chi connectivity index (χ0) is 30.3. The lowest BCUT2D eigenvalue weighted by Gasteiger charge is -2.29. The topological polar surface area (TPSA) is 6.48 Å². The van der Waals surface area contributed by atoms with Gasteiger partial charge in [-0.2, -0.15) is 0 Å². The van der Waals surface area contributed by atoms with Crippen LogP contribution >= 0.6 is 0 Å². The fourth-order valence-electron chi connectivity index (χ4n) is 6.56. The van der Waals surface area contributed by atoms with Crippen molar-refractivity contribution in [3.63, 3.8) is 0 Å². The Balaban J connectivity index is 1.80. The molecule has 0 N–H and O–H groups in total. The van der Waals surface area contributed by atoms with Crippen molar-refractivity contribution in [2.75, 3.05) is 23.9 Å². The van der Waals surface area contributed by atoms with Crippen LogP contribution in [0.4, 0.5) is 11.4 Å². The Hall–Kier alpha value is -3.52. The first-order chi connectivity index (χ1) is 19.9. The number of rotatable bonds is 4. The highest BCUT2D eigenvalue weighted by molar-refractivity contribution is 5.82. The van der Waals surface area contributed by atoms with E-state index in [-0.39, 0.29) is 0 Å². The summed E-state index contributed by atoms with van der Waals surface area (Å²) in [6.45, 7) is 20.1. The van der Waals surface area contributed by atoms with Crippen molar-refractivity contribution in [3.8, 4) is 22.3 Å². The molecule has 0 atom stereocenters. The smallest absolute Gasteiger partial charge is 0.0449 e. The Morgan fingerprint density at radius 3 is 1.17 bits per heavy atom. The van der Waals surface area contributed by atoms with Gasteiger partial charge in [-0.1, -0.05) is 104 Å². The minimum atomic E-state index is 0.458. The third-order valence-electron chi connectivity index (χ3n) is 9.17. The van der Waals surface area contributed by atoms with E-state index in [1.807, 2.05) is 0 Å². The van der Waals surface area contributed by atoms with Gasteiger partial charge in [0.15, 0.2) is 0 Å². The molecular formula is C40H50N2. The largest absolute Gasteiger partial charge is 0.370 e. The zero-order valence-corrected chi connectivity index (χ0v) is 27.5. The summed E-state index contributed by atoms with van der Waals surface area (Å²) in [6.07, 6.45) is 0. The number of anilines is 2. The van der Waals surface area contributed by atoms with Crippen LogP contribution in [0, 0.1) is 0 Å². The summed E-state index contributed by atoms with van der Waals surface area (Å²) in [6, 6.07) is 28.6. The van der Waals surface area contributed by atoms with E-state index in [4.69, 9.17) is 0 Å². The average Bonchev–Trinajstić information content (AvgIpc) is 2.95. The molecule has 0 aromatic heterocycles. The molecule has 2 heteroatoms. The average molecular weight is 559 g/mol. The van der Waals surface area contributed by atoms with Crippen LogP contribution in [0.3, 0.4) is 0 Å². The van der Waals surface area contributed by atoms with Crippen molar-refractivity contribution in [2.45, 2.75) is 92.2 Å². The Bertz CT molecular complexity index is 1450. The monoisotopic (exact) mass is 558 g/mol. The second kappa shape index (κ2) is 12.0. The Kier molecular flexibility index (Phi) is 8.56. The Morgan fingerprint density at radius 1 is 0.452 bits per heavy atom. The normalized spacial score (nSPS) is 13.6. The molecule has 0 amide bonds. The summed E-state index contributed by atoms with van der Waals surface area (Å²) in [7, 11) is 4.54. The summed E-state index contributed by atoms with van der Waals surface area (Å²) < 4.78 is 0. The first-order valence-corrected chi connectivity index (χ1v) is 15.9. The van der Waals surface area contributed by atoms with E-state index in [2.05, 4.69) is 152 Å². The van der Waals surface area contributed by atoms with Crippen LogP contribution in [0.2, 0.25) is 0 Å². The lowest BCUT2D eigenvalue weighted by atomic mass is 9.89. The molecule has 1 heterocycles. The van der Waals surface area contributed by atoms with Crippen LogP contribution in [0.25, 0.3) is 22.3 Å². The first-order valence-electron chi connectivity index (χ1n) is 15.9. The van der Waals surface area contributed by atoms with Gasteiger partial charge in [0.1, 0.15) is 0 Å². The molecule has 0 saturated carbocycles. The minimum Gasteiger partial charge on any atom is -0.370 e. The van der Waals surface area contributed by atoms with Crippen molar-refractivity contribution in [1.82, 2.24) is 0 Å². The first kappa shape index (κ1) is 30.0. The third kappa shape index (κ3) is 5.87. The van der Waals surface area contributed by atoms with Gasteiger partial charge in [-0.25, -0.2) is 0 Å². The Labute approximate surface area is 255 Å². The van der Waals surface area contributed by atoms with E-state index in [0.717, 1.165) is 13.1 Å². The molecule has 1 aliphatic rings. The maximum Gasteiger partial charge on any atom is 0.0449 e. The molecule has 0 spiro atoms. The molecule has 0 unspecified atom stereocenters. The molecule has 4 aromatic rings. The molecule has 4 aromatic carbocycles. The number of hydrogen-bond donors (Lipinski definition) is 0. The van der Waals surface area contributed by atoms with Crippen LogP contribution < -0.4 is 9.80 Å². The second-order valence-electron chi connectivity index (χ2n) is 13.7. The van der Waals surface area contributed by atoms with Crippen molar-refractivity contribution in [1.29, 1.82) is 0 Å². The standard InChI is InChI=1S/C40H50N2/c1-25(2)29-11-17-37-31-13-15-36(28(7)8)34(19-31)24-42(10)40-22-30(26(3)4)12-18-38(40)32-14-16-35(27(5)6)33(20-32)23-41(9)39(37)21-29/h11-22,25-28H,23-24H2,1-10H3. The number of nitrogens with zero attached hydrogens (tertiary/aromatic N) is 2. The quantitative estimate of drug-likeness (QED) is 0.246. The molecule has 0 fully saturated rings. The predicted octanol–water partition coefficient (Wildman–Crippen LogP) is 11.1. The SMILES string of the molecule is CC(C)c1ccc2c(c1)N(C)Cc1cc(ccc1C(C)C)-c1ccc(C(C)C)cc1N(C)Cc1cc-2ccc1C(C)C. The van der Waals surface area contributed by atoms with Gasteiger partial charge in [-0.15, -0.1) is 0 Å². The molecule has 5 rings (SSSR count). The summed E-state index contributed by atoms with van der Waals surface area (Å²) in [5.41, 5.74) is 16.2. The van der Waals surface area contributed by atoms with Gasteiger partial charge in [-0.05, 0) is 92.4 Å². The lowest BCUT2D eigenvalue weighted by Crippen LogP contribution is -2.21. The van der Waals surface area contributed by atoms with Gasteiger partial charge < -0.3 is 9.80 Å². The van der Waals surface area contributed by atoms with Gasteiger partial charge >= 0.3 is 0 Å². The van der Waals surface area contributed by atoms with Crippen LogP contribution in [-0.4, -0.2) is 14.1 Å². The van der Waals surface area contributed by atoms with E-state index in [1.165, 1.54) is 67.0 Å². The fourth-order valence-corrected chi connectivity index (χ4v) is 6.56. The second-order valence-corrected chi connectivity index (χ2v) is 13.7. The molecule has 4 bridgehead atoms. The molecule has 0 aliphatic carbocycles. The van der Waals surface area contributed by atoms with Gasteiger partial charge in [-0.3, -0.25) is 0 Å². The maximum absolute atomic E-state index is 2.48. The summed E-state index contributed by atoms with van der Waals surface area (Å²) >= 11 is 0. The summed E-state index contributed by atoms with van der Waals surface area (Å²) in [5.74, 6) is 1.87. The van der Waals surface area contributed by atoms with Crippen molar-refractivity contribution < 1.29 is 0 Å².